The second kappa shape index (κ2) is 29.7. The van der Waals surface area contributed by atoms with Crippen LogP contribution in [0.2, 0.25) is 0 Å². The van der Waals surface area contributed by atoms with Gasteiger partial charge in [0.15, 0.2) is 29.2 Å². The Bertz CT molecular complexity index is 2600. The Morgan fingerprint density at radius 2 is 0.947 bits per heavy atom. The van der Waals surface area contributed by atoms with Gasteiger partial charge in [-0.1, -0.05) is 158 Å². The summed E-state index contributed by atoms with van der Waals surface area (Å²) < 4.78 is 82.5. The van der Waals surface area contributed by atoms with Crippen molar-refractivity contribution in [3.05, 3.63) is 161 Å². The molecule has 0 bridgehead atoms. The van der Waals surface area contributed by atoms with Crippen molar-refractivity contribution in [1.82, 2.24) is 0 Å². The highest BCUT2D eigenvalue weighted by atomic mass is 19.1. The molecule has 0 saturated carbocycles. The molecule has 1 heterocycles. The van der Waals surface area contributed by atoms with Gasteiger partial charge in [-0.25, -0.2) is 9.18 Å². The third-order valence-corrected chi connectivity index (χ3v) is 12.6. The van der Waals surface area contributed by atoms with Crippen LogP contribution in [0.4, 0.5) is 4.39 Å². The highest BCUT2D eigenvalue weighted by Gasteiger charge is 2.39. The van der Waals surface area contributed by atoms with Crippen LogP contribution in [-0.2, 0) is 31.0 Å². The fourth-order valence-electron chi connectivity index (χ4n) is 8.28. The predicted molar refractivity (Wildman–Crippen MR) is 290 cm³/mol. The van der Waals surface area contributed by atoms with Crippen LogP contribution in [0.25, 0.3) is 0 Å². The fourth-order valence-corrected chi connectivity index (χ4v) is 8.28. The third-order valence-electron chi connectivity index (χ3n) is 12.6. The standard InChI is InChI=1S/C63H75FO11/c1-6-11-31-66-49-38-52(67-32-12-7-2)50-40-57(75-63(65)51-41-56(68-33-13-8-3)61(70-35-15-10-5)62(58(51)64)73-44-47-29-23-18-24-30-47)59(74-53(50)39-49)48-36-54(71-42-45-25-19-16-20-26-45)60(69-34-14-9-4)55(37-48)72-43-46-27-21-17-22-28-46/h16-30,36-39,41,57,59H,6-15,31-35,40,42-44H2,1-5H3/t57-,59-/m1/s1. The minimum atomic E-state index is -1.06. The number of hydrogen-bond acceptors (Lipinski definition) is 11. The van der Waals surface area contributed by atoms with E-state index in [2.05, 4.69) is 27.7 Å². The molecule has 12 heteroatoms. The van der Waals surface area contributed by atoms with Crippen LogP contribution in [0.5, 0.6) is 51.7 Å². The fraction of sp³-hybridized carbons (Fsp3) is 0.413. The summed E-state index contributed by atoms with van der Waals surface area (Å²) in [5, 5.41) is 0. The number of benzene rings is 6. The van der Waals surface area contributed by atoms with E-state index < -0.39 is 24.0 Å². The van der Waals surface area contributed by atoms with E-state index in [-0.39, 0.29) is 55.7 Å². The quantitative estimate of drug-likeness (QED) is 0.0298. The summed E-state index contributed by atoms with van der Waals surface area (Å²) in [6, 6.07) is 38.0. The monoisotopic (exact) mass is 1030 g/mol. The summed E-state index contributed by atoms with van der Waals surface area (Å²) in [6.45, 7) is 12.8. The van der Waals surface area contributed by atoms with Gasteiger partial charge in [0.05, 0.1) is 33.0 Å². The number of halogens is 1. The minimum Gasteiger partial charge on any atom is -0.493 e. The molecule has 0 aliphatic carbocycles. The number of ether oxygens (including phenoxy) is 10. The molecule has 11 nitrogen and oxygen atoms in total. The number of esters is 1. The molecule has 6 aromatic rings. The highest BCUT2D eigenvalue weighted by Crippen LogP contribution is 2.49. The molecular weight excluding hydrogens is 952 g/mol. The van der Waals surface area contributed by atoms with E-state index in [1.165, 1.54) is 6.07 Å². The molecule has 0 spiro atoms. The SMILES string of the molecule is CCCCOc1cc(OCCCC)c2c(c1)O[C@H](c1cc(OCc3ccccc3)c(OCCCC)c(OCc3ccccc3)c1)[C@H](OC(=O)c1cc(OCCCC)c(OCCCC)c(OCc3ccccc3)c1F)C2. The molecule has 2 atom stereocenters. The second-order valence-corrected chi connectivity index (χ2v) is 18.7. The molecule has 0 aromatic heterocycles. The maximum absolute atomic E-state index is 17.4. The number of unbranched alkanes of at least 4 members (excludes halogenated alkanes) is 5. The van der Waals surface area contributed by atoms with Gasteiger partial charge in [-0.2, -0.15) is 0 Å². The first-order valence-electron chi connectivity index (χ1n) is 27.1. The van der Waals surface area contributed by atoms with E-state index >= 15 is 9.18 Å². The van der Waals surface area contributed by atoms with Crippen LogP contribution in [0.1, 0.15) is 143 Å². The second-order valence-electron chi connectivity index (χ2n) is 18.7. The highest BCUT2D eigenvalue weighted by molar-refractivity contribution is 5.92. The van der Waals surface area contributed by atoms with Crippen molar-refractivity contribution in [2.45, 2.75) is 137 Å². The van der Waals surface area contributed by atoms with E-state index in [1.807, 2.05) is 122 Å². The van der Waals surface area contributed by atoms with Crippen LogP contribution in [-0.4, -0.2) is 45.1 Å². The minimum absolute atomic E-state index is 0.0105. The molecule has 0 unspecified atom stereocenters. The Morgan fingerprint density at radius 3 is 1.47 bits per heavy atom. The van der Waals surface area contributed by atoms with Gasteiger partial charge in [-0.05, 0) is 60.9 Å². The van der Waals surface area contributed by atoms with Crippen LogP contribution >= 0.6 is 0 Å². The van der Waals surface area contributed by atoms with Crippen LogP contribution in [0.3, 0.4) is 0 Å². The Hall–Kier alpha value is -7.08. The molecule has 7 rings (SSSR count). The first-order valence-corrected chi connectivity index (χ1v) is 27.1. The molecule has 6 aromatic carbocycles. The number of carbonyl (C=O) groups excluding carboxylic acids is 1. The van der Waals surface area contributed by atoms with Gasteiger partial charge >= 0.3 is 5.97 Å². The molecule has 1 aliphatic rings. The first kappa shape index (κ1) is 55.7. The van der Waals surface area contributed by atoms with Gasteiger partial charge in [0.2, 0.25) is 17.2 Å². The summed E-state index contributed by atoms with van der Waals surface area (Å²) >= 11 is 0. The average molecular weight is 1030 g/mol. The molecule has 0 radical (unpaired) electrons. The van der Waals surface area contributed by atoms with E-state index in [4.69, 9.17) is 47.4 Å². The summed E-state index contributed by atoms with van der Waals surface area (Å²) in [4.78, 5) is 15.1. The maximum Gasteiger partial charge on any atom is 0.341 e. The zero-order chi connectivity index (χ0) is 52.6. The number of fused-ring (bicyclic) bond motifs is 1. The number of hydrogen-bond donors (Lipinski definition) is 0. The first-order chi connectivity index (χ1) is 36.8. The summed E-state index contributed by atoms with van der Waals surface area (Å²) in [6.07, 6.45) is 6.49. The normalized spacial score (nSPS) is 13.7. The topological polar surface area (TPSA) is 109 Å². The van der Waals surface area contributed by atoms with E-state index in [1.54, 1.807) is 0 Å². The Morgan fingerprint density at radius 1 is 0.493 bits per heavy atom. The molecule has 0 saturated heterocycles. The molecule has 1 aliphatic heterocycles. The predicted octanol–water partition coefficient (Wildman–Crippen LogP) is 15.4. The molecular formula is C63H75FO11. The lowest BCUT2D eigenvalue weighted by Crippen LogP contribution is -2.35. The Labute approximate surface area is 443 Å². The van der Waals surface area contributed by atoms with Gasteiger partial charge in [0.1, 0.15) is 48.7 Å². The molecule has 400 valence electrons. The van der Waals surface area contributed by atoms with Crippen molar-refractivity contribution in [3.63, 3.8) is 0 Å². The van der Waals surface area contributed by atoms with Crippen molar-refractivity contribution in [3.8, 4) is 51.7 Å². The zero-order valence-corrected chi connectivity index (χ0v) is 44.5. The number of rotatable bonds is 32. The molecule has 0 fully saturated rings. The lowest BCUT2D eigenvalue weighted by molar-refractivity contribution is -0.0194. The maximum atomic E-state index is 17.4. The summed E-state index contributed by atoms with van der Waals surface area (Å²) in [7, 11) is 0. The molecule has 75 heavy (non-hydrogen) atoms. The summed E-state index contributed by atoms with van der Waals surface area (Å²) in [5.41, 5.74) is 3.56. The molecule has 0 amide bonds. The van der Waals surface area contributed by atoms with Crippen molar-refractivity contribution >= 4 is 5.97 Å². The van der Waals surface area contributed by atoms with Gasteiger partial charge in [-0.3, -0.25) is 0 Å². The van der Waals surface area contributed by atoms with Gasteiger partial charge < -0.3 is 47.4 Å². The third kappa shape index (κ3) is 16.0. The van der Waals surface area contributed by atoms with Crippen molar-refractivity contribution < 1.29 is 56.6 Å². The van der Waals surface area contributed by atoms with E-state index in [0.717, 1.165) is 74.5 Å². The largest absolute Gasteiger partial charge is 0.493 e. The smallest absolute Gasteiger partial charge is 0.341 e. The van der Waals surface area contributed by atoms with Crippen LogP contribution < -0.4 is 42.6 Å². The Balaban J connectivity index is 1.37. The van der Waals surface area contributed by atoms with Crippen LogP contribution in [0.15, 0.2) is 121 Å². The van der Waals surface area contributed by atoms with E-state index in [0.29, 0.717) is 78.5 Å². The lowest BCUT2D eigenvalue weighted by Gasteiger charge is -2.35. The van der Waals surface area contributed by atoms with Crippen molar-refractivity contribution in [2.24, 2.45) is 0 Å². The van der Waals surface area contributed by atoms with E-state index in [9.17, 15) is 0 Å². The van der Waals surface area contributed by atoms with Crippen LogP contribution in [0, 0.1) is 5.82 Å². The van der Waals surface area contributed by atoms with Gasteiger partial charge in [0, 0.05) is 35.7 Å². The summed E-state index contributed by atoms with van der Waals surface area (Å²) in [5.74, 6) is 1.04. The van der Waals surface area contributed by atoms with Crippen molar-refractivity contribution in [1.29, 1.82) is 0 Å². The number of carbonyl (C=O) groups is 1. The molecule has 0 N–H and O–H groups in total. The average Bonchev–Trinajstić information content (AvgIpc) is 3.43. The Kier molecular flexibility index (Phi) is 22.1. The lowest BCUT2D eigenvalue weighted by atomic mass is 9.93. The van der Waals surface area contributed by atoms with Gasteiger partial charge in [0.25, 0.3) is 0 Å². The van der Waals surface area contributed by atoms with Crippen molar-refractivity contribution in [2.75, 3.05) is 33.0 Å². The zero-order valence-electron chi connectivity index (χ0n) is 44.5. The van der Waals surface area contributed by atoms with Gasteiger partial charge in [-0.15, -0.1) is 0 Å².